The Morgan fingerprint density at radius 3 is 2.36 bits per heavy atom. The number of ether oxygens (including phenoxy) is 1. The smallest absolute Gasteiger partial charge is 0.405 e. The van der Waals surface area contributed by atoms with Crippen LogP contribution in [-0.2, 0) is 10.0 Å². The molecule has 6 nitrogen and oxygen atoms in total. The molecule has 0 bridgehead atoms. The van der Waals surface area contributed by atoms with Crippen molar-refractivity contribution in [2.24, 2.45) is 0 Å². The first-order valence-corrected chi connectivity index (χ1v) is 10.2. The maximum Gasteiger partial charge on any atom is 0.405 e. The van der Waals surface area contributed by atoms with Gasteiger partial charge in [0.2, 0.25) is 0 Å². The molecule has 0 spiro atoms. The maximum atomic E-state index is 12.7. The van der Waals surface area contributed by atoms with Gasteiger partial charge in [0.05, 0.1) is 6.61 Å². The molecule has 0 saturated heterocycles. The monoisotopic (exact) mass is 480 g/mol. The largest absolute Gasteiger partial charge is 0.492 e. The second-order valence-electron chi connectivity index (χ2n) is 5.50. The lowest BCUT2D eigenvalue weighted by Crippen LogP contribution is -2.33. The number of benzene rings is 2. The summed E-state index contributed by atoms with van der Waals surface area (Å²) in [6.45, 7) is 0.531. The van der Waals surface area contributed by atoms with Gasteiger partial charge in [-0.05, 0) is 49.4 Å². The van der Waals surface area contributed by atoms with Crippen LogP contribution in [0.1, 0.15) is 17.3 Å². The number of halogens is 4. The third kappa shape index (κ3) is 6.13. The normalized spacial score (nSPS) is 11.8. The molecule has 0 aromatic heterocycles. The number of carbonyl (C=O) groups is 1. The van der Waals surface area contributed by atoms with Gasteiger partial charge in [-0.2, -0.15) is 13.2 Å². The van der Waals surface area contributed by atoms with Gasteiger partial charge in [-0.25, -0.2) is 8.42 Å². The topological polar surface area (TPSA) is 84.5 Å². The molecule has 0 unspecified atom stereocenters. The van der Waals surface area contributed by atoms with Crippen LogP contribution in [0.15, 0.2) is 51.8 Å². The second kappa shape index (κ2) is 8.82. The third-order valence-electron chi connectivity index (χ3n) is 3.34. The first-order chi connectivity index (χ1) is 13.0. The highest BCUT2D eigenvalue weighted by molar-refractivity contribution is 9.10. The van der Waals surface area contributed by atoms with Crippen LogP contribution in [0.5, 0.6) is 5.75 Å². The number of hydrogen-bond donors (Lipinski definition) is 2. The van der Waals surface area contributed by atoms with Crippen LogP contribution in [0.25, 0.3) is 0 Å². The van der Waals surface area contributed by atoms with Crippen molar-refractivity contribution in [1.82, 2.24) is 5.32 Å². The zero-order chi connectivity index (χ0) is 20.9. The minimum Gasteiger partial charge on any atom is -0.492 e. The number of amides is 1. The molecule has 0 fully saturated rings. The summed E-state index contributed by atoms with van der Waals surface area (Å²) in [5.74, 6) is -0.751. The molecule has 2 aromatic rings. The van der Waals surface area contributed by atoms with Crippen molar-refractivity contribution in [2.45, 2.75) is 18.0 Å². The molecule has 2 aromatic carbocycles. The van der Waals surface area contributed by atoms with Crippen LogP contribution >= 0.6 is 15.9 Å². The molecule has 0 saturated carbocycles. The van der Waals surface area contributed by atoms with Gasteiger partial charge in [-0.3, -0.25) is 9.52 Å². The van der Waals surface area contributed by atoms with Crippen molar-refractivity contribution < 1.29 is 31.1 Å². The van der Waals surface area contributed by atoms with Crippen molar-refractivity contribution in [1.29, 1.82) is 0 Å². The molecule has 0 atom stereocenters. The van der Waals surface area contributed by atoms with Gasteiger partial charge in [-0.1, -0.05) is 15.9 Å². The van der Waals surface area contributed by atoms with Crippen LogP contribution in [0, 0.1) is 0 Å². The highest BCUT2D eigenvalue weighted by Gasteiger charge is 2.28. The van der Waals surface area contributed by atoms with E-state index in [-0.39, 0.29) is 28.5 Å². The Morgan fingerprint density at radius 2 is 1.79 bits per heavy atom. The number of anilines is 1. The SMILES string of the molecule is CCOc1ccc(Br)cc1S(=O)(=O)Nc1ccc(C(=O)NCC(F)(F)F)cc1. The van der Waals surface area contributed by atoms with Crippen molar-refractivity contribution >= 4 is 37.5 Å². The Hall–Kier alpha value is -2.27. The van der Waals surface area contributed by atoms with Crippen LogP contribution < -0.4 is 14.8 Å². The van der Waals surface area contributed by atoms with Gasteiger partial charge < -0.3 is 10.1 Å². The fourth-order valence-corrected chi connectivity index (χ4v) is 3.89. The Bertz CT molecular complexity index is 948. The average molecular weight is 481 g/mol. The Kier molecular flexibility index (Phi) is 6.94. The van der Waals surface area contributed by atoms with Gasteiger partial charge in [0.15, 0.2) is 0 Å². The summed E-state index contributed by atoms with van der Waals surface area (Å²) in [5, 5.41) is 1.74. The van der Waals surface area contributed by atoms with E-state index >= 15 is 0 Å². The van der Waals surface area contributed by atoms with Crippen LogP contribution in [-0.4, -0.2) is 33.7 Å². The minimum atomic E-state index is -4.52. The highest BCUT2D eigenvalue weighted by Crippen LogP contribution is 2.29. The van der Waals surface area contributed by atoms with E-state index < -0.39 is 28.7 Å². The fourth-order valence-electron chi connectivity index (χ4n) is 2.15. The molecule has 28 heavy (non-hydrogen) atoms. The quantitative estimate of drug-likeness (QED) is 0.628. The van der Waals surface area contributed by atoms with Gasteiger partial charge in [-0.15, -0.1) is 0 Å². The van der Waals surface area contributed by atoms with E-state index in [4.69, 9.17) is 4.74 Å². The standard InChI is InChI=1S/C17H16BrF3N2O4S/c1-2-27-14-8-5-12(18)9-15(14)28(25,26)23-13-6-3-11(4-7-13)16(24)22-10-17(19,20)21/h3-9,23H,2,10H2,1H3,(H,22,24). The number of sulfonamides is 1. The lowest BCUT2D eigenvalue weighted by Gasteiger charge is -2.13. The van der Waals surface area contributed by atoms with E-state index in [1.165, 1.54) is 36.4 Å². The van der Waals surface area contributed by atoms with E-state index in [1.54, 1.807) is 18.3 Å². The van der Waals surface area contributed by atoms with E-state index in [1.807, 2.05) is 0 Å². The number of rotatable bonds is 7. The van der Waals surface area contributed by atoms with Gasteiger partial charge in [0, 0.05) is 15.7 Å². The number of alkyl halides is 3. The van der Waals surface area contributed by atoms with Gasteiger partial charge in [0.1, 0.15) is 17.2 Å². The Labute approximate surface area is 168 Å². The van der Waals surface area contributed by atoms with Crippen LogP contribution in [0.4, 0.5) is 18.9 Å². The third-order valence-corrected chi connectivity index (χ3v) is 5.24. The molecule has 11 heteroatoms. The molecule has 0 aliphatic heterocycles. The molecule has 2 rings (SSSR count). The second-order valence-corrected chi connectivity index (χ2v) is 8.07. The zero-order valence-corrected chi connectivity index (χ0v) is 16.9. The number of carbonyl (C=O) groups excluding carboxylic acids is 1. The average Bonchev–Trinajstić information content (AvgIpc) is 2.61. The summed E-state index contributed by atoms with van der Waals surface area (Å²) in [5.41, 5.74) is 0.0967. The van der Waals surface area contributed by atoms with Gasteiger partial charge in [0.25, 0.3) is 15.9 Å². The minimum absolute atomic E-state index is 0.0374. The van der Waals surface area contributed by atoms with E-state index in [0.717, 1.165) is 0 Å². The van der Waals surface area contributed by atoms with Crippen molar-refractivity contribution in [3.8, 4) is 5.75 Å². The van der Waals surface area contributed by atoms with Crippen LogP contribution in [0.3, 0.4) is 0 Å². The van der Waals surface area contributed by atoms with Crippen molar-refractivity contribution in [3.05, 3.63) is 52.5 Å². The molecule has 2 N–H and O–H groups in total. The Balaban J connectivity index is 2.17. The molecule has 0 radical (unpaired) electrons. The zero-order valence-electron chi connectivity index (χ0n) is 14.5. The summed E-state index contributed by atoms with van der Waals surface area (Å²) in [6.07, 6.45) is -4.52. The molecular weight excluding hydrogens is 465 g/mol. The summed E-state index contributed by atoms with van der Waals surface area (Å²) in [7, 11) is -4.01. The van der Waals surface area contributed by atoms with Crippen LogP contribution in [0.2, 0.25) is 0 Å². The Morgan fingerprint density at radius 1 is 1.14 bits per heavy atom. The maximum absolute atomic E-state index is 12.7. The predicted octanol–water partition coefficient (Wildman–Crippen LogP) is 3.94. The molecule has 152 valence electrons. The molecule has 0 heterocycles. The molecular formula is C17H16BrF3N2O4S. The summed E-state index contributed by atoms with van der Waals surface area (Å²) in [4.78, 5) is 11.6. The molecule has 1 amide bonds. The predicted molar refractivity (Wildman–Crippen MR) is 101 cm³/mol. The molecule has 0 aliphatic carbocycles. The summed E-state index contributed by atoms with van der Waals surface area (Å²) < 4.78 is 70.0. The lowest BCUT2D eigenvalue weighted by molar-refractivity contribution is -0.123. The number of nitrogens with one attached hydrogen (secondary N) is 2. The van der Waals surface area contributed by atoms with E-state index in [2.05, 4.69) is 20.7 Å². The van der Waals surface area contributed by atoms with E-state index in [9.17, 15) is 26.4 Å². The van der Waals surface area contributed by atoms with Gasteiger partial charge >= 0.3 is 6.18 Å². The van der Waals surface area contributed by atoms with E-state index in [0.29, 0.717) is 4.47 Å². The lowest BCUT2D eigenvalue weighted by atomic mass is 10.2. The first kappa shape index (κ1) is 22.0. The van der Waals surface area contributed by atoms with Crippen molar-refractivity contribution in [2.75, 3.05) is 17.9 Å². The molecule has 0 aliphatic rings. The summed E-state index contributed by atoms with van der Waals surface area (Å²) >= 11 is 3.21. The first-order valence-electron chi connectivity index (χ1n) is 7.92. The van der Waals surface area contributed by atoms with Crippen molar-refractivity contribution in [3.63, 3.8) is 0 Å². The fraction of sp³-hybridized carbons (Fsp3) is 0.235. The number of hydrogen-bond acceptors (Lipinski definition) is 4. The highest BCUT2D eigenvalue weighted by atomic mass is 79.9. The summed E-state index contributed by atoms with van der Waals surface area (Å²) in [6, 6.07) is 9.51.